The van der Waals surface area contributed by atoms with Gasteiger partial charge in [0.2, 0.25) is 5.91 Å². The molecule has 9 nitrogen and oxygen atoms in total. The predicted molar refractivity (Wildman–Crippen MR) is 114 cm³/mol. The minimum absolute atomic E-state index is 0.0253. The van der Waals surface area contributed by atoms with Gasteiger partial charge in [0.1, 0.15) is 9.88 Å². The van der Waals surface area contributed by atoms with Crippen LogP contribution in [0.1, 0.15) is 38.2 Å². The largest absolute Gasteiger partial charge is 0.466 e. The topological polar surface area (TPSA) is 121 Å². The van der Waals surface area contributed by atoms with E-state index in [1.165, 1.54) is 37.3 Å². The lowest BCUT2D eigenvalue weighted by Gasteiger charge is -2.05. The average molecular weight is 473 g/mol. The number of hydrogen-bond donors (Lipinski definition) is 1. The maximum atomic E-state index is 12.4. The fraction of sp³-hybridized carbons (Fsp3) is 0.389. The number of anilines is 1. The summed E-state index contributed by atoms with van der Waals surface area (Å²) in [7, 11) is 2.45. The zero-order valence-electron chi connectivity index (χ0n) is 16.7. The maximum Gasteiger partial charge on any atom is 0.348 e. The van der Waals surface area contributed by atoms with Gasteiger partial charge in [0.05, 0.1) is 44.3 Å². The molecule has 1 N–H and O–H groups in total. The molecule has 162 valence electrons. The Kier molecular flexibility index (Phi) is 8.81. The molecule has 1 amide bonds. The number of nitrogens with zero attached hydrogens (tertiary/aromatic N) is 1. The number of amides is 1. The van der Waals surface area contributed by atoms with E-state index in [1.807, 2.05) is 0 Å². The molecule has 0 aromatic carbocycles. The molecule has 2 aromatic heterocycles. The van der Waals surface area contributed by atoms with Crippen LogP contribution in [0.15, 0.2) is 9.72 Å². The van der Waals surface area contributed by atoms with E-state index in [0.29, 0.717) is 22.2 Å². The fourth-order valence-corrected chi connectivity index (χ4v) is 5.10. The van der Waals surface area contributed by atoms with Crippen LogP contribution in [0.25, 0.3) is 0 Å². The van der Waals surface area contributed by atoms with Crippen molar-refractivity contribution in [3.8, 4) is 0 Å². The van der Waals surface area contributed by atoms with E-state index in [1.54, 1.807) is 19.2 Å². The van der Waals surface area contributed by atoms with E-state index in [9.17, 15) is 19.2 Å². The summed E-state index contributed by atoms with van der Waals surface area (Å²) < 4.78 is 15.0. The standard InChI is InChI=1S/C18H20N2O7S3/c1-5-27-12(22)6-10-7-28-18(19-10)29-8-11(21)20-15-13(16(23)25-3)9(2)14(30-15)17(24)26-4/h7H,5-6,8H2,1-4H3,(H,20,21). The van der Waals surface area contributed by atoms with Gasteiger partial charge in [-0.15, -0.1) is 22.7 Å². The van der Waals surface area contributed by atoms with Gasteiger partial charge in [-0.05, 0) is 19.4 Å². The van der Waals surface area contributed by atoms with Crippen LogP contribution < -0.4 is 5.32 Å². The van der Waals surface area contributed by atoms with Crippen LogP contribution in [0.5, 0.6) is 0 Å². The van der Waals surface area contributed by atoms with Crippen LogP contribution in [0.2, 0.25) is 0 Å². The number of ether oxygens (including phenoxy) is 3. The Morgan fingerprint density at radius 1 is 1.17 bits per heavy atom. The number of carbonyl (C=O) groups excluding carboxylic acids is 4. The number of nitrogens with one attached hydrogen (secondary N) is 1. The number of esters is 3. The Morgan fingerprint density at radius 2 is 1.87 bits per heavy atom. The fourth-order valence-electron chi connectivity index (χ4n) is 2.32. The van der Waals surface area contributed by atoms with Crippen molar-refractivity contribution in [2.24, 2.45) is 0 Å². The Morgan fingerprint density at radius 3 is 2.50 bits per heavy atom. The number of methoxy groups -OCH3 is 2. The molecule has 0 unspecified atom stereocenters. The van der Waals surface area contributed by atoms with E-state index in [0.717, 1.165) is 11.3 Å². The third-order valence-corrected chi connectivity index (χ3v) is 6.91. The molecule has 0 aliphatic carbocycles. The first-order valence-corrected chi connectivity index (χ1v) is 11.3. The van der Waals surface area contributed by atoms with Crippen molar-refractivity contribution in [2.75, 3.05) is 31.9 Å². The van der Waals surface area contributed by atoms with E-state index >= 15 is 0 Å². The lowest BCUT2D eigenvalue weighted by molar-refractivity contribution is -0.142. The third kappa shape index (κ3) is 6.03. The van der Waals surface area contributed by atoms with Gasteiger partial charge in [-0.2, -0.15) is 0 Å². The second-order valence-corrected chi connectivity index (χ2v) is 8.77. The van der Waals surface area contributed by atoms with E-state index in [2.05, 4.69) is 10.3 Å². The molecule has 0 saturated heterocycles. The number of thiazole rings is 1. The van der Waals surface area contributed by atoms with Crippen LogP contribution in [-0.2, 0) is 30.2 Å². The molecule has 0 fully saturated rings. The van der Waals surface area contributed by atoms with Gasteiger partial charge in [-0.3, -0.25) is 9.59 Å². The summed E-state index contributed by atoms with van der Waals surface area (Å²) in [4.78, 5) is 52.4. The van der Waals surface area contributed by atoms with Crippen molar-refractivity contribution < 1.29 is 33.4 Å². The summed E-state index contributed by atoms with van der Waals surface area (Å²) in [5.41, 5.74) is 1.07. The molecule has 0 spiro atoms. The van der Waals surface area contributed by atoms with Crippen LogP contribution >= 0.6 is 34.4 Å². The monoisotopic (exact) mass is 472 g/mol. The summed E-state index contributed by atoms with van der Waals surface area (Å²) in [6.07, 6.45) is 0.0738. The average Bonchev–Trinajstić information content (AvgIpc) is 3.29. The number of aromatic nitrogens is 1. The van der Waals surface area contributed by atoms with Gasteiger partial charge >= 0.3 is 17.9 Å². The molecule has 0 aliphatic rings. The molecular weight excluding hydrogens is 452 g/mol. The van der Waals surface area contributed by atoms with E-state index in [4.69, 9.17) is 14.2 Å². The smallest absolute Gasteiger partial charge is 0.348 e. The summed E-state index contributed by atoms with van der Waals surface area (Å²) in [6, 6.07) is 0. The first-order chi connectivity index (χ1) is 14.3. The Bertz CT molecular complexity index is 952. The van der Waals surface area contributed by atoms with Crippen LogP contribution in [0.4, 0.5) is 5.00 Å². The Balaban J connectivity index is 2.04. The van der Waals surface area contributed by atoms with E-state index in [-0.39, 0.29) is 39.5 Å². The van der Waals surface area contributed by atoms with Gasteiger partial charge in [-0.25, -0.2) is 14.6 Å². The van der Waals surface area contributed by atoms with Crippen molar-refractivity contribution in [3.05, 3.63) is 27.1 Å². The maximum absolute atomic E-state index is 12.4. The minimum atomic E-state index is -0.662. The van der Waals surface area contributed by atoms with Gasteiger partial charge in [0.25, 0.3) is 0 Å². The van der Waals surface area contributed by atoms with Crippen LogP contribution in [-0.4, -0.2) is 55.4 Å². The molecule has 0 aliphatic heterocycles. The summed E-state index contributed by atoms with van der Waals surface area (Å²) in [5.74, 6) is -1.98. The zero-order chi connectivity index (χ0) is 22.3. The first-order valence-electron chi connectivity index (χ1n) is 8.63. The quantitative estimate of drug-likeness (QED) is 0.333. The zero-order valence-corrected chi connectivity index (χ0v) is 19.2. The molecule has 30 heavy (non-hydrogen) atoms. The van der Waals surface area contributed by atoms with Gasteiger partial charge in [-0.1, -0.05) is 11.8 Å². The van der Waals surface area contributed by atoms with Crippen molar-refractivity contribution >= 4 is 63.3 Å². The molecule has 12 heteroatoms. The predicted octanol–water partition coefficient (Wildman–Crippen LogP) is 2.92. The summed E-state index contributed by atoms with van der Waals surface area (Å²) in [6.45, 7) is 3.62. The second-order valence-electron chi connectivity index (χ2n) is 5.67. The number of rotatable bonds is 9. The van der Waals surface area contributed by atoms with Crippen LogP contribution in [0, 0.1) is 6.92 Å². The summed E-state index contributed by atoms with van der Waals surface area (Å²) >= 11 is 3.45. The summed E-state index contributed by atoms with van der Waals surface area (Å²) in [5, 5.41) is 4.59. The van der Waals surface area contributed by atoms with Gasteiger partial charge < -0.3 is 19.5 Å². The number of carbonyl (C=O) groups is 4. The molecule has 0 atom stereocenters. The third-order valence-electron chi connectivity index (χ3n) is 3.65. The molecule has 2 heterocycles. The highest BCUT2D eigenvalue weighted by atomic mass is 32.2. The first kappa shape index (κ1) is 23.8. The highest BCUT2D eigenvalue weighted by Gasteiger charge is 2.26. The molecular formula is C18H20N2O7S3. The highest BCUT2D eigenvalue weighted by molar-refractivity contribution is 8.01. The molecule has 0 saturated carbocycles. The van der Waals surface area contributed by atoms with Crippen molar-refractivity contribution in [1.29, 1.82) is 0 Å². The van der Waals surface area contributed by atoms with Crippen molar-refractivity contribution in [1.82, 2.24) is 4.98 Å². The Hall–Kier alpha value is -2.44. The minimum Gasteiger partial charge on any atom is -0.466 e. The van der Waals surface area contributed by atoms with Crippen molar-refractivity contribution in [2.45, 2.75) is 24.6 Å². The van der Waals surface area contributed by atoms with Gasteiger partial charge in [0, 0.05) is 5.38 Å². The van der Waals surface area contributed by atoms with Gasteiger partial charge in [0.15, 0.2) is 4.34 Å². The Labute approximate surface area is 185 Å². The highest BCUT2D eigenvalue weighted by Crippen LogP contribution is 2.34. The molecule has 0 bridgehead atoms. The SMILES string of the molecule is CCOC(=O)Cc1csc(SCC(=O)Nc2sc(C(=O)OC)c(C)c2C(=O)OC)n1. The molecule has 2 aromatic rings. The van der Waals surface area contributed by atoms with Crippen LogP contribution in [0.3, 0.4) is 0 Å². The lowest BCUT2D eigenvalue weighted by Crippen LogP contribution is -2.16. The molecule has 0 radical (unpaired) electrons. The second kappa shape index (κ2) is 11.1. The molecule has 2 rings (SSSR count). The van der Waals surface area contributed by atoms with Crippen molar-refractivity contribution in [3.63, 3.8) is 0 Å². The normalized spacial score (nSPS) is 10.4. The number of hydrogen-bond acceptors (Lipinski definition) is 11. The van der Waals surface area contributed by atoms with E-state index < -0.39 is 11.9 Å². The lowest BCUT2D eigenvalue weighted by atomic mass is 10.1. The number of thiophene rings is 1. The number of thioether (sulfide) groups is 1.